The van der Waals surface area contributed by atoms with Crippen LogP contribution in [0.1, 0.15) is 19.8 Å². The van der Waals surface area contributed by atoms with Gasteiger partial charge in [0.2, 0.25) is 10.0 Å². The number of hydrogen-bond donors (Lipinski definition) is 1. The van der Waals surface area contributed by atoms with Crippen molar-refractivity contribution in [1.29, 1.82) is 0 Å². The zero-order valence-corrected chi connectivity index (χ0v) is 11.9. The fraction of sp³-hybridized carbons (Fsp3) is 0.583. The summed E-state index contributed by atoms with van der Waals surface area (Å²) in [7, 11) is -1.84. The number of rotatable bonds is 4. The lowest BCUT2D eigenvalue weighted by atomic mass is 9.85. The van der Waals surface area contributed by atoms with Crippen LogP contribution in [0.4, 0.5) is 0 Å². The summed E-state index contributed by atoms with van der Waals surface area (Å²) in [4.78, 5) is 11.6. The van der Waals surface area contributed by atoms with Crippen molar-refractivity contribution in [2.45, 2.75) is 24.7 Å². The number of carboxylic acid groups (broad SMARTS) is 1. The van der Waals surface area contributed by atoms with Crippen LogP contribution in [0.15, 0.2) is 23.4 Å². The molecule has 1 aliphatic rings. The number of aliphatic carboxylic acids is 1. The predicted molar refractivity (Wildman–Crippen MR) is 69.1 cm³/mol. The molecule has 1 unspecified atom stereocenters. The lowest BCUT2D eigenvalue weighted by Crippen LogP contribution is -2.36. The highest BCUT2D eigenvalue weighted by Crippen LogP contribution is 2.36. The maximum atomic E-state index is 12.4. The second-order valence-corrected chi connectivity index (χ2v) is 6.98. The van der Waals surface area contributed by atoms with Crippen LogP contribution in [-0.4, -0.2) is 41.5 Å². The minimum atomic E-state index is -3.58. The van der Waals surface area contributed by atoms with Gasteiger partial charge in [-0.15, -0.1) is 0 Å². The lowest BCUT2D eigenvalue weighted by Gasteiger charge is -2.22. The molecule has 1 atom stereocenters. The molecule has 2 rings (SSSR count). The molecule has 0 bridgehead atoms. The average Bonchev–Trinajstić information content (AvgIpc) is 2.96. The summed E-state index contributed by atoms with van der Waals surface area (Å²) in [6.45, 7) is 2.10. The Kier molecular flexibility index (Phi) is 3.44. The van der Waals surface area contributed by atoms with Crippen LogP contribution >= 0.6 is 0 Å². The number of nitrogens with zero attached hydrogens (tertiary/aromatic N) is 2. The topological polar surface area (TPSA) is 79.6 Å². The fourth-order valence-electron chi connectivity index (χ4n) is 2.43. The van der Waals surface area contributed by atoms with E-state index in [1.54, 1.807) is 24.7 Å². The molecule has 1 N–H and O–H groups in total. The molecule has 19 heavy (non-hydrogen) atoms. The Labute approximate surface area is 112 Å². The first kappa shape index (κ1) is 14.1. The summed E-state index contributed by atoms with van der Waals surface area (Å²) in [6.07, 6.45) is 3.99. The van der Waals surface area contributed by atoms with E-state index in [9.17, 15) is 18.3 Å². The van der Waals surface area contributed by atoms with Crippen LogP contribution in [0.3, 0.4) is 0 Å². The van der Waals surface area contributed by atoms with Gasteiger partial charge < -0.3 is 9.67 Å². The Morgan fingerprint density at radius 2 is 2.21 bits per heavy atom. The molecular formula is C12H18N2O4S. The number of carbonyl (C=O) groups is 1. The van der Waals surface area contributed by atoms with Gasteiger partial charge in [-0.05, 0) is 18.9 Å². The summed E-state index contributed by atoms with van der Waals surface area (Å²) in [6, 6.07) is 1.53. The van der Waals surface area contributed by atoms with E-state index in [1.807, 2.05) is 0 Å². The standard InChI is InChI=1S/C12H18N2O4S/c1-3-12(11(15)16)5-7-14(9-12)19(17,18)10-4-6-13(2)8-10/h4,6,8H,3,5,7,9H2,1-2H3,(H,15,16). The third-order valence-electron chi connectivity index (χ3n) is 3.89. The first-order valence-corrected chi connectivity index (χ1v) is 7.61. The SMILES string of the molecule is CCC1(C(=O)O)CCN(S(=O)(=O)c2ccn(C)c2)C1. The van der Waals surface area contributed by atoms with Gasteiger partial charge in [-0.3, -0.25) is 4.79 Å². The van der Waals surface area contributed by atoms with Gasteiger partial charge in [-0.25, -0.2) is 8.42 Å². The van der Waals surface area contributed by atoms with E-state index >= 15 is 0 Å². The van der Waals surface area contributed by atoms with Crippen molar-refractivity contribution in [2.75, 3.05) is 13.1 Å². The van der Waals surface area contributed by atoms with E-state index in [0.717, 1.165) is 0 Å². The molecule has 1 aromatic heterocycles. The highest BCUT2D eigenvalue weighted by Gasteiger charge is 2.47. The Morgan fingerprint density at radius 1 is 1.53 bits per heavy atom. The van der Waals surface area contributed by atoms with Gasteiger partial charge in [0.1, 0.15) is 0 Å². The van der Waals surface area contributed by atoms with Gasteiger partial charge in [0.15, 0.2) is 0 Å². The monoisotopic (exact) mass is 286 g/mol. The third-order valence-corrected chi connectivity index (χ3v) is 5.72. The normalized spacial score (nSPS) is 24.7. The molecule has 0 spiro atoms. The van der Waals surface area contributed by atoms with E-state index in [-0.39, 0.29) is 18.0 Å². The van der Waals surface area contributed by atoms with Crippen LogP contribution in [0, 0.1) is 5.41 Å². The third kappa shape index (κ3) is 2.28. The maximum absolute atomic E-state index is 12.4. The van der Waals surface area contributed by atoms with Crippen molar-refractivity contribution < 1.29 is 18.3 Å². The Hall–Kier alpha value is -1.34. The second kappa shape index (κ2) is 4.64. The molecule has 0 amide bonds. The number of aryl methyl sites for hydroxylation is 1. The largest absolute Gasteiger partial charge is 0.481 e. The first-order chi connectivity index (χ1) is 8.82. The van der Waals surface area contributed by atoms with Crippen molar-refractivity contribution in [3.8, 4) is 0 Å². The van der Waals surface area contributed by atoms with Crippen molar-refractivity contribution in [1.82, 2.24) is 8.87 Å². The van der Waals surface area contributed by atoms with E-state index in [0.29, 0.717) is 12.8 Å². The van der Waals surface area contributed by atoms with Crippen LogP contribution in [-0.2, 0) is 21.9 Å². The van der Waals surface area contributed by atoms with Crippen molar-refractivity contribution >= 4 is 16.0 Å². The van der Waals surface area contributed by atoms with Gasteiger partial charge in [0.05, 0.1) is 10.3 Å². The van der Waals surface area contributed by atoms with Gasteiger partial charge in [-0.1, -0.05) is 6.92 Å². The van der Waals surface area contributed by atoms with Crippen LogP contribution in [0.5, 0.6) is 0 Å². The molecule has 1 aromatic rings. The molecule has 1 saturated heterocycles. The fourth-order valence-corrected chi connectivity index (χ4v) is 4.01. The molecular weight excluding hydrogens is 268 g/mol. The summed E-state index contributed by atoms with van der Waals surface area (Å²) in [5, 5.41) is 9.30. The smallest absolute Gasteiger partial charge is 0.311 e. The number of hydrogen-bond acceptors (Lipinski definition) is 3. The van der Waals surface area contributed by atoms with E-state index < -0.39 is 21.4 Å². The Morgan fingerprint density at radius 3 is 2.63 bits per heavy atom. The lowest BCUT2D eigenvalue weighted by molar-refractivity contribution is -0.148. The highest BCUT2D eigenvalue weighted by molar-refractivity contribution is 7.89. The van der Waals surface area contributed by atoms with Gasteiger partial charge >= 0.3 is 5.97 Å². The zero-order valence-electron chi connectivity index (χ0n) is 11.0. The van der Waals surface area contributed by atoms with E-state index in [2.05, 4.69) is 0 Å². The van der Waals surface area contributed by atoms with Gasteiger partial charge in [0, 0.05) is 32.5 Å². The molecule has 0 saturated carbocycles. The van der Waals surface area contributed by atoms with E-state index in [4.69, 9.17) is 0 Å². The Bertz CT molecular complexity index is 593. The molecule has 0 aliphatic carbocycles. The van der Waals surface area contributed by atoms with Crippen LogP contribution < -0.4 is 0 Å². The van der Waals surface area contributed by atoms with Crippen LogP contribution in [0.2, 0.25) is 0 Å². The number of carboxylic acids is 1. The molecule has 0 aromatic carbocycles. The average molecular weight is 286 g/mol. The zero-order chi connectivity index (χ0) is 14.3. The van der Waals surface area contributed by atoms with Crippen molar-refractivity contribution in [3.63, 3.8) is 0 Å². The minimum Gasteiger partial charge on any atom is -0.481 e. The highest BCUT2D eigenvalue weighted by atomic mass is 32.2. The number of aromatic nitrogens is 1. The van der Waals surface area contributed by atoms with Crippen LogP contribution in [0.25, 0.3) is 0 Å². The maximum Gasteiger partial charge on any atom is 0.311 e. The second-order valence-electron chi connectivity index (χ2n) is 5.04. The summed E-state index contributed by atoms with van der Waals surface area (Å²) in [5.74, 6) is -0.916. The number of sulfonamides is 1. The van der Waals surface area contributed by atoms with Crippen molar-refractivity contribution in [3.05, 3.63) is 18.5 Å². The summed E-state index contributed by atoms with van der Waals surface area (Å²) in [5.41, 5.74) is -0.943. The van der Waals surface area contributed by atoms with Gasteiger partial charge in [-0.2, -0.15) is 4.31 Å². The summed E-state index contributed by atoms with van der Waals surface area (Å²) >= 11 is 0. The molecule has 106 valence electrons. The van der Waals surface area contributed by atoms with Gasteiger partial charge in [0.25, 0.3) is 0 Å². The molecule has 2 heterocycles. The van der Waals surface area contributed by atoms with Crippen molar-refractivity contribution in [2.24, 2.45) is 12.5 Å². The molecule has 0 radical (unpaired) electrons. The quantitative estimate of drug-likeness (QED) is 0.892. The molecule has 1 aliphatic heterocycles. The minimum absolute atomic E-state index is 0.0516. The summed E-state index contributed by atoms with van der Waals surface area (Å²) < 4.78 is 27.7. The predicted octanol–water partition coefficient (Wildman–Crippen LogP) is 0.901. The molecule has 7 heteroatoms. The molecule has 6 nitrogen and oxygen atoms in total. The first-order valence-electron chi connectivity index (χ1n) is 6.17. The Balaban J connectivity index is 2.28. The van der Waals surface area contributed by atoms with E-state index in [1.165, 1.54) is 16.6 Å². The molecule has 1 fully saturated rings.